The normalized spacial score (nSPS) is 22.4. The quantitative estimate of drug-likeness (QED) is 0.710. The number of morpholine rings is 1. The zero-order chi connectivity index (χ0) is 19.4. The number of anilines is 1. The molecule has 2 aliphatic rings. The van der Waals surface area contributed by atoms with E-state index in [2.05, 4.69) is 0 Å². The minimum Gasteiger partial charge on any atom is -0.456 e. The third-order valence-electron chi connectivity index (χ3n) is 4.48. The maximum atomic E-state index is 12.2. The number of hydrogen-bond donors (Lipinski definition) is 0. The van der Waals surface area contributed by atoms with E-state index in [-0.39, 0.29) is 43.6 Å². The van der Waals surface area contributed by atoms with Gasteiger partial charge in [0.15, 0.2) is 6.61 Å². The highest BCUT2D eigenvalue weighted by atomic mass is 32.2. The van der Waals surface area contributed by atoms with E-state index < -0.39 is 5.97 Å². The predicted octanol–water partition coefficient (Wildman–Crippen LogP) is 1.69. The van der Waals surface area contributed by atoms with E-state index in [1.165, 1.54) is 11.8 Å². The third kappa shape index (κ3) is 5.01. The molecule has 1 aromatic carbocycles. The Labute approximate surface area is 163 Å². The number of ether oxygens (including phenoxy) is 2. The highest BCUT2D eigenvalue weighted by Gasteiger charge is 2.27. The Balaban J connectivity index is 1.47. The number of thioether (sulfide) groups is 1. The standard InChI is InChI=1S/C19H24N2O5S/c1-13-9-20(10-14(2)26-13)17(22)11-25-19(24)7-8-21-15-5-3-4-6-16(15)27-12-18(21)23/h3-6,13-14H,7-12H2,1-2H3/t13-,14-/m1/s1. The molecule has 2 atom stereocenters. The molecule has 3 rings (SSSR count). The molecule has 1 aromatic rings. The highest BCUT2D eigenvalue weighted by Crippen LogP contribution is 2.34. The molecule has 0 N–H and O–H groups in total. The molecule has 0 unspecified atom stereocenters. The van der Waals surface area contributed by atoms with Crippen LogP contribution in [0, 0.1) is 0 Å². The zero-order valence-corrected chi connectivity index (χ0v) is 16.4. The van der Waals surface area contributed by atoms with Crippen molar-refractivity contribution in [2.45, 2.75) is 37.4 Å². The van der Waals surface area contributed by atoms with Gasteiger partial charge in [-0.2, -0.15) is 0 Å². The zero-order valence-electron chi connectivity index (χ0n) is 15.6. The van der Waals surface area contributed by atoms with Gasteiger partial charge in [0.25, 0.3) is 5.91 Å². The largest absolute Gasteiger partial charge is 0.456 e. The van der Waals surface area contributed by atoms with E-state index in [0.717, 1.165) is 10.6 Å². The van der Waals surface area contributed by atoms with Crippen molar-refractivity contribution in [3.05, 3.63) is 24.3 Å². The summed E-state index contributed by atoms with van der Waals surface area (Å²) >= 11 is 1.50. The van der Waals surface area contributed by atoms with Crippen LogP contribution in [-0.2, 0) is 23.9 Å². The van der Waals surface area contributed by atoms with Crippen LogP contribution in [0.1, 0.15) is 20.3 Å². The molecule has 146 valence electrons. The van der Waals surface area contributed by atoms with Crippen LogP contribution in [0.3, 0.4) is 0 Å². The van der Waals surface area contributed by atoms with Gasteiger partial charge < -0.3 is 19.3 Å². The molecular formula is C19H24N2O5S. The number of nitrogens with zero attached hydrogens (tertiary/aromatic N) is 2. The number of fused-ring (bicyclic) bond motifs is 1. The van der Waals surface area contributed by atoms with Gasteiger partial charge in [0.1, 0.15) is 0 Å². The molecule has 27 heavy (non-hydrogen) atoms. The van der Waals surface area contributed by atoms with E-state index in [1.54, 1.807) is 9.80 Å². The summed E-state index contributed by atoms with van der Waals surface area (Å²) in [5, 5.41) is 0. The molecule has 2 amide bonds. The average molecular weight is 392 g/mol. The molecular weight excluding hydrogens is 368 g/mol. The fourth-order valence-corrected chi connectivity index (χ4v) is 4.23. The second kappa shape index (κ2) is 8.75. The van der Waals surface area contributed by atoms with Gasteiger partial charge in [-0.15, -0.1) is 11.8 Å². The smallest absolute Gasteiger partial charge is 0.308 e. The van der Waals surface area contributed by atoms with Gasteiger partial charge in [-0.05, 0) is 26.0 Å². The first-order chi connectivity index (χ1) is 12.9. The Kier molecular flexibility index (Phi) is 6.38. The van der Waals surface area contributed by atoms with Crippen molar-refractivity contribution >= 4 is 35.2 Å². The van der Waals surface area contributed by atoms with Crippen LogP contribution >= 0.6 is 11.8 Å². The fraction of sp³-hybridized carbons (Fsp3) is 0.526. The first-order valence-electron chi connectivity index (χ1n) is 9.05. The summed E-state index contributed by atoms with van der Waals surface area (Å²) in [6.07, 6.45) is -0.0126. The maximum Gasteiger partial charge on any atom is 0.308 e. The molecule has 1 saturated heterocycles. The van der Waals surface area contributed by atoms with Crippen LogP contribution in [0.15, 0.2) is 29.2 Å². The van der Waals surface area contributed by atoms with E-state index >= 15 is 0 Å². The number of carbonyl (C=O) groups is 3. The lowest BCUT2D eigenvalue weighted by atomic mass is 10.2. The monoisotopic (exact) mass is 392 g/mol. The van der Waals surface area contributed by atoms with Crippen LogP contribution in [0.25, 0.3) is 0 Å². The van der Waals surface area contributed by atoms with Crippen molar-refractivity contribution in [1.82, 2.24) is 4.90 Å². The number of hydrogen-bond acceptors (Lipinski definition) is 6. The van der Waals surface area contributed by atoms with Gasteiger partial charge >= 0.3 is 5.97 Å². The van der Waals surface area contributed by atoms with E-state index in [9.17, 15) is 14.4 Å². The minimum atomic E-state index is -0.485. The molecule has 0 aromatic heterocycles. The molecule has 8 heteroatoms. The Bertz CT molecular complexity index is 716. The van der Waals surface area contributed by atoms with Crippen molar-refractivity contribution in [3.8, 4) is 0 Å². The maximum absolute atomic E-state index is 12.2. The van der Waals surface area contributed by atoms with Gasteiger partial charge in [-0.1, -0.05) is 12.1 Å². The summed E-state index contributed by atoms with van der Waals surface area (Å²) in [7, 11) is 0. The number of amides is 2. The van der Waals surface area contributed by atoms with Crippen molar-refractivity contribution in [2.24, 2.45) is 0 Å². The van der Waals surface area contributed by atoms with Crippen molar-refractivity contribution in [3.63, 3.8) is 0 Å². The Morgan fingerprint density at radius 2 is 1.93 bits per heavy atom. The van der Waals surface area contributed by atoms with Crippen molar-refractivity contribution < 1.29 is 23.9 Å². The minimum absolute atomic E-state index is 0.0288. The van der Waals surface area contributed by atoms with Gasteiger partial charge in [0.05, 0.1) is 30.1 Å². The number of esters is 1. The van der Waals surface area contributed by atoms with Gasteiger partial charge in [-0.25, -0.2) is 0 Å². The van der Waals surface area contributed by atoms with E-state index in [4.69, 9.17) is 9.47 Å². The van der Waals surface area contributed by atoms with Gasteiger partial charge in [-0.3, -0.25) is 14.4 Å². The predicted molar refractivity (Wildman–Crippen MR) is 102 cm³/mol. The van der Waals surface area contributed by atoms with E-state index in [1.807, 2.05) is 38.1 Å². The first-order valence-corrected chi connectivity index (χ1v) is 10.0. The van der Waals surface area contributed by atoms with Crippen LogP contribution in [-0.4, -0.2) is 66.9 Å². The summed E-state index contributed by atoms with van der Waals surface area (Å²) in [6, 6.07) is 7.62. The average Bonchev–Trinajstić information content (AvgIpc) is 2.64. The fourth-order valence-electron chi connectivity index (χ4n) is 3.29. The van der Waals surface area contributed by atoms with Crippen molar-refractivity contribution in [1.29, 1.82) is 0 Å². The lowest BCUT2D eigenvalue weighted by Gasteiger charge is -2.35. The summed E-state index contributed by atoms with van der Waals surface area (Å²) in [4.78, 5) is 40.8. The van der Waals surface area contributed by atoms with Gasteiger partial charge in [0, 0.05) is 24.5 Å². The number of para-hydroxylation sites is 1. The second-order valence-electron chi connectivity index (χ2n) is 6.77. The summed E-state index contributed by atoms with van der Waals surface area (Å²) < 4.78 is 10.7. The molecule has 0 radical (unpaired) electrons. The summed E-state index contributed by atoms with van der Waals surface area (Å²) in [5.41, 5.74) is 0.818. The van der Waals surface area contributed by atoms with Crippen LogP contribution in [0.4, 0.5) is 5.69 Å². The molecule has 0 bridgehead atoms. The van der Waals surface area contributed by atoms with Gasteiger partial charge in [0.2, 0.25) is 5.91 Å². The second-order valence-corrected chi connectivity index (χ2v) is 7.79. The van der Waals surface area contributed by atoms with Crippen LogP contribution < -0.4 is 4.90 Å². The Morgan fingerprint density at radius 3 is 2.67 bits per heavy atom. The lowest BCUT2D eigenvalue weighted by molar-refractivity contribution is -0.157. The molecule has 2 aliphatic heterocycles. The number of carbonyl (C=O) groups excluding carboxylic acids is 3. The lowest BCUT2D eigenvalue weighted by Crippen LogP contribution is -2.49. The molecule has 1 fully saturated rings. The topological polar surface area (TPSA) is 76.2 Å². The Hall–Kier alpha value is -2.06. The van der Waals surface area contributed by atoms with E-state index in [0.29, 0.717) is 18.8 Å². The highest BCUT2D eigenvalue weighted by molar-refractivity contribution is 8.00. The summed E-state index contributed by atoms with van der Waals surface area (Å²) in [6.45, 7) is 4.78. The third-order valence-corrected chi connectivity index (χ3v) is 5.52. The van der Waals surface area contributed by atoms with Crippen LogP contribution in [0.5, 0.6) is 0 Å². The molecule has 0 spiro atoms. The van der Waals surface area contributed by atoms with Crippen molar-refractivity contribution in [2.75, 3.05) is 36.9 Å². The SMILES string of the molecule is C[C@@H]1CN(C(=O)COC(=O)CCN2C(=O)CSc3ccccc32)C[C@@H](C)O1. The Morgan fingerprint density at radius 1 is 1.22 bits per heavy atom. The first kappa shape index (κ1) is 19.7. The molecule has 0 saturated carbocycles. The number of benzene rings is 1. The molecule has 7 nitrogen and oxygen atoms in total. The molecule has 0 aliphatic carbocycles. The van der Waals surface area contributed by atoms with Crippen LogP contribution in [0.2, 0.25) is 0 Å². The number of rotatable bonds is 5. The molecule has 2 heterocycles. The summed E-state index contributed by atoms with van der Waals surface area (Å²) in [5.74, 6) is -0.376.